The molecule has 1 unspecified atom stereocenters. The molecule has 0 bridgehead atoms. The molecule has 1 aromatic heterocycles. The molecule has 2 amide bonds. The van der Waals surface area contributed by atoms with Gasteiger partial charge in [0.05, 0.1) is 5.56 Å². The number of aromatic carboxylic acids is 1. The van der Waals surface area contributed by atoms with Crippen molar-refractivity contribution in [1.29, 1.82) is 0 Å². The molecule has 28 heavy (non-hydrogen) atoms. The van der Waals surface area contributed by atoms with Gasteiger partial charge < -0.3 is 5.11 Å². The van der Waals surface area contributed by atoms with Gasteiger partial charge in [0.1, 0.15) is 11.2 Å². The number of amidine groups is 1. The van der Waals surface area contributed by atoms with Crippen LogP contribution in [0, 0.1) is 12.8 Å². The quantitative estimate of drug-likeness (QED) is 0.823. The van der Waals surface area contributed by atoms with Crippen LogP contribution in [-0.4, -0.2) is 44.1 Å². The van der Waals surface area contributed by atoms with E-state index in [0.717, 1.165) is 4.90 Å². The highest BCUT2D eigenvalue weighted by Crippen LogP contribution is 2.33. The molecule has 144 valence electrons. The fourth-order valence-electron chi connectivity index (χ4n) is 2.98. The van der Waals surface area contributed by atoms with Gasteiger partial charge in [-0.3, -0.25) is 14.6 Å². The molecule has 1 aliphatic heterocycles. The van der Waals surface area contributed by atoms with Crippen molar-refractivity contribution in [3.8, 4) is 0 Å². The number of imide groups is 1. The van der Waals surface area contributed by atoms with Gasteiger partial charge in [-0.05, 0) is 43.5 Å². The van der Waals surface area contributed by atoms with Crippen LogP contribution in [0.4, 0.5) is 0 Å². The van der Waals surface area contributed by atoms with E-state index in [1.54, 1.807) is 44.2 Å². The monoisotopic (exact) mass is 379 g/mol. The van der Waals surface area contributed by atoms with Crippen molar-refractivity contribution in [3.63, 3.8) is 0 Å². The first-order chi connectivity index (χ1) is 13.2. The van der Waals surface area contributed by atoms with Crippen LogP contribution in [0.5, 0.6) is 0 Å². The minimum Gasteiger partial charge on any atom is -0.478 e. The van der Waals surface area contributed by atoms with Gasteiger partial charge >= 0.3 is 5.97 Å². The first-order valence-electron chi connectivity index (χ1n) is 8.91. The lowest BCUT2D eigenvalue weighted by Crippen LogP contribution is -2.47. The predicted octanol–water partition coefficient (Wildman–Crippen LogP) is 2.93. The predicted molar refractivity (Wildman–Crippen MR) is 103 cm³/mol. The Morgan fingerprint density at radius 1 is 1.18 bits per heavy atom. The summed E-state index contributed by atoms with van der Waals surface area (Å²) in [6, 6.07) is 9.80. The van der Waals surface area contributed by atoms with Crippen LogP contribution in [0.1, 0.15) is 52.7 Å². The van der Waals surface area contributed by atoms with Crippen LogP contribution >= 0.6 is 0 Å². The number of hydrogen-bond donors (Lipinski definition) is 1. The van der Waals surface area contributed by atoms with Crippen LogP contribution in [-0.2, 0) is 4.79 Å². The van der Waals surface area contributed by atoms with Crippen molar-refractivity contribution in [2.45, 2.75) is 33.2 Å². The molecule has 1 N–H and O–H groups in total. The Balaban J connectivity index is 2.22. The first-order valence-corrected chi connectivity index (χ1v) is 8.91. The molecule has 0 saturated heterocycles. The van der Waals surface area contributed by atoms with Crippen molar-refractivity contribution in [2.75, 3.05) is 0 Å². The largest absolute Gasteiger partial charge is 0.478 e. The first kappa shape index (κ1) is 19.4. The summed E-state index contributed by atoms with van der Waals surface area (Å²) in [5, 5.41) is 9.61. The Labute approximate surface area is 162 Å². The molecule has 2 heterocycles. The molecular weight excluding hydrogens is 358 g/mol. The summed E-state index contributed by atoms with van der Waals surface area (Å²) in [4.78, 5) is 47.8. The van der Waals surface area contributed by atoms with E-state index in [1.807, 2.05) is 13.8 Å². The van der Waals surface area contributed by atoms with E-state index >= 15 is 0 Å². The number of benzene rings is 1. The van der Waals surface area contributed by atoms with E-state index in [2.05, 4.69) is 9.98 Å². The van der Waals surface area contributed by atoms with E-state index in [0.29, 0.717) is 11.1 Å². The van der Waals surface area contributed by atoms with Gasteiger partial charge in [0, 0.05) is 11.8 Å². The average molecular weight is 379 g/mol. The normalized spacial score (nSPS) is 19.1. The number of nitrogens with zero attached hydrogens (tertiary/aromatic N) is 3. The number of aliphatic imine (C=N–C) groups is 1. The Morgan fingerprint density at radius 3 is 2.39 bits per heavy atom. The van der Waals surface area contributed by atoms with Crippen molar-refractivity contribution >= 4 is 23.6 Å². The zero-order valence-corrected chi connectivity index (χ0v) is 16.1. The number of carboxylic acids is 1. The molecule has 0 saturated carbocycles. The molecule has 1 aliphatic rings. The molecule has 2 aromatic rings. The summed E-state index contributed by atoms with van der Waals surface area (Å²) < 4.78 is 0. The summed E-state index contributed by atoms with van der Waals surface area (Å²) in [6.07, 6.45) is 1.49. The summed E-state index contributed by atoms with van der Waals surface area (Å²) in [6.45, 7) is 7.02. The molecular formula is C21H21N3O4. The Bertz CT molecular complexity index is 998. The third-order valence-electron chi connectivity index (χ3n) is 5.00. The third kappa shape index (κ3) is 3.09. The minimum atomic E-state index is -1.20. The van der Waals surface area contributed by atoms with Crippen LogP contribution in [0.25, 0.3) is 0 Å². The topological polar surface area (TPSA) is 99.9 Å². The van der Waals surface area contributed by atoms with Gasteiger partial charge in [-0.1, -0.05) is 32.0 Å². The number of hydrogen-bond acceptors (Lipinski definition) is 5. The number of amides is 2. The molecule has 7 heteroatoms. The fraction of sp³-hybridized carbons (Fsp3) is 0.286. The third-order valence-corrected chi connectivity index (χ3v) is 5.00. The summed E-state index contributed by atoms with van der Waals surface area (Å²) in [7, 11) is 0. The fourth-order valence-corrected chi connectivity index (χ4v) is 2.98. The summed E-state index contributed by atoms with van der Waals surface area (Å²) in [5.41, 5.74) is -0.341. The number of rotatable bonds is 4. The molecule has 0 spiro atoms. The summed E-state index contributed by atoms with van der Waals surface area (Å²) in [5.74, 6) is -2.50. The highest BCUT2D eigenvalue weighted by Gasteiger charge is 2.50. The van der Waals surface area contributed by atoms with Crippen LogP contribution in [0.3, 0.4) is 0 Å². The van der Waals surface area contributed by atoms with E-state index in [1.165, 1.54) is 12.3 Å². The zero-order valence-electron chi connectivity index (χ0n) is 16.1. The van der Waals surface area contributed by atoms with Gasteiger partial charge in [-0.15, -0.1) is 0 Å². The molecule has 1 atom stereocenters. The maximum absolute atomic E-state index is 13.2. The van der Waals surface area contributed by atoms with Gasteiger partial charge in [0.25, 0.3) is 11.8 Å². The maximum atomic E-state index is 13.2. The van der Waals surface area contributed by atoms with Crippen molar-refractivity contribution in [1.82, 2.24) is 9.88 Å². The lowest BCUT2D eigenvalue weighted by atomic mass is 9.88. The van der Waals surface area contributed by atoms with Crippen molar-refractivity contribution in [3.05, 3.63) is 65.0 Å². The van der Waals surface area contributed by atoms with E-state index < -0.39 is 23.3 Å². The number of aryl methyl sites for hydroxylation is 1. The minimum absolute atomic E-state index is 0.0000983. The molecule has 1 aromatic carbocycles. The van der Waals surface area contributed by atoms with Crippen molar-refractivity contribution in [2.24, 2.45) is 10.9 Å². The molecule has 0 radical (unpaired) electrons. The number of carbonyl (C=O) groups is 3. The van der Waals surface area contributed by atoms with E-state index in [-0.39, 0.29) is 23.0 Å². The lowest BCUT2D eigenvalue weighted by molar-refractivity contribution is -0.130. The second-order valence-electron chi connectivity index (χ2n) is 7.26. The SMILES string of the molecule is Cc1cnc(C2=NC(C)(C(C)C)C(=O)N2C(=O)c2ccccc2)c(C(=O)O)c1. The van der Waals surface area contributed by atoms with Gasteiger partial charge in [-0.25, -0.2) is 14.7 Å². The molecule has 7 nitrogen and oxygen atoms in total. The van der Waals surface area contributed by atoms with Crippen LogP contribution in [0.15, 0.2) is 47.6 Å². The Kier molecular flexibility index (Phi) is 4.85. The van der Waals surface area contributed by atoms with Crippen LogP contribution in [0.2, 0.25) is 0 Å². The number of pyridine rings is 1. The standard InChI is InChI=1S/C21H21N3O4/c1-12(2)21(4)20(28)24(18(25)14-8-6-5-7-9-14)17(23-21)16-15(19(26)27)10-13(3)11-22-16/h5-12H,1-4H3,(H,26,27). The second-order valence-corrected chi connectivity index (χ2v) is 7.26. The van der Waals surface area contributed by atoms with Crippen LogP contribution < -0.4 is 0 Å². The Hall–Kier alpha value is -3.35. The average Bonchev–Trinajstić information content (AvgIpc) is 2.94. The Morgan fingerprint density at radius 2 is 1.82 bits per heavy atom. The van der Waals surface area contributed by atoms with Crippen molar-refractivity contribution < 1.29 is 19.5 Å². The molecule has 0 fully saturated rings. The lowest BCUT2D eigenvalue weighted by Gasteiger charge is -2.24. The van der Waals surface area contributed by atoms with E-state index in [4.69, 9.17) is 0 Å². The highest BCUT2D eigenvalue weighted by atomic mass is 16.4. The summed E-state index contributed by atoms with van der Waals surface area (Å²) >= 11 is 0. The molecule has 3 rings (SSSR count). The highest BCUT2D eigenvalue weighted by molar-refractivity contribution is 6.28. The van der Waals surface area contributed by atoms with Gasteiger partial charge in [-0.2, -0.15) is 0 Å². The smallest absolute Gasteiger partial charge is 0.338 e. The number of carboxylic acid groups (broad SMARTS) is 1. The van der Waals surface area contributed by atoms with Gasteiger partial charge in [0.15, 0.2) is 5.84 Å². The van der Waals surface area contributed by atoms with E-state index in [9.17, 15) is 19.5 Å². The molecule has 0 aliphatic carbocycles. The number of aromatic nitrogens is 1. The van der Waals surface area contributed by atoms with Gasteiger partial charge in [0.2, 0.25) is 0 Å². The number of carbonyl (C=O) groups excluding carboxylic acids is 2. The zero-order chi connectivity index (χ0) is 20.6. The maximum Gasteiger partial charge on any atom is 0.338 e. The second kappa shape index (κ2) is 6.99.